The number of amides is 1. The molecule has 0 aliphatic carbocycles. The standard InChI is InChI=1S/C20H19N3O3/c24-11-14(25)10-21-13-5-6-19-16(8-13)17(20(26)23-19)7-12-9-22-18-4-2-1-3-15(12)18/h1-9,14,21-22,24-25H,10-11H2,(H,23,26)/b17-7+. The second-order valence-corrected chi connectivity index (χ2v) is 6.28. The summed E-state index contributed by atoms with van der Waals surface area (Å²) in [7, 11) is 0. The molecule has 2 aromatic carbocycles. The van der Waals surface area contributed by atoms with Crippen LogP contribution in [-0.4, -0.2) is 40.4 Å². The van der Waals surface area contributed by atoms with Crippen LogP contribution in [-0.2, 0) is 4.79 Å². The van der Waals surface area contributed by atoms with Gasteiger partial charge in [-0.2, -0.15) is 0 Å². The fourth-order valence-electron chi connectivity index (χ4n) is 3.11. The first-order valence-electron chi connectivity index (χ1n) is 8.42. The van der Waals surface area contributed by atoms with Gasteiger partial charge in [0.15, 0.2) is 0 Å². The molecule has 1 aliphatic heterocycles. The lowest BCUT2D eigenvalue weighted by Crippen LogP contribution is -2.22. The molecule has 5 N–H and O–H groups in total. The number of aromatic nitrogens is 1. The molecule has 2 heterocycles. The minimum Gasteiger partial charge on any atom is -0.394 e. The zero-order valence-electron chi connectivity index (χ0n) is 14.0. The molecule has 1 unspecified atom stereocenters. The van der Waals surface area contributed by atoms with Crippen LogP contribution in [0, 0.1) is 0 Å². The van der Waals surface area contributed by atoms with Gasteiger partial charge in [-0.15, -0.1) is 0 Å². The molecule has 6 heteroatoms. The average Bonchev–Trinajstić information content (AvgIpc) is 3.21. The number of nitrogens with one attached hydrogen (secondary N) is 3. The molecular formula is C20H19N3O3. The average molecular weight is 349 g/mol. The highest BCUT2D eigenvalue weighted by atomic mass is 16.3. The molecule has 26 heavy (non-hydrogen) atoms. The van der Waals surface area contributed by atoms with E-state index in [0.717, 1.165) is 33.4 Å². The van der Waals surface area contributed by atoms with E-state index in [0.29, 0.717) is 5.57 Å². The second kappa shape index (κ2) is 6.67. The zero-order valence-corrected chi connectivity index (χ0v) is 14.0. The number of hydrogen-bond donors (Lipinski definition) is 5. The van der Waals surface area contributed by atoms with Gasteiger partial charge in [0, 0.05) is 51.7 Å². The van der Waals surface area contributed by atoms with Gasteiger partial charge in [0.1, 0.15) is 0 Å². The number of fused-ring (bicyclic) bond motifs is 2. The van der Waals surface area contributed by atoms with Crippen LogP contribution < -0.4 is 10.6 Å². The van der Waals surface area contributed by atoms with Gasteiger partial charge in [0.2, 0.25) is 0 Å². The predicted molar refractivity (Wildman–Crippen MR) is 103 cm³/mol. The van der Waals surface area contributed by atoms with Crippen LogP contribution in [0.1, 0.15) is 11.1 Å². The highest BCUT2D eigenvalue weighted by Gasteiger charge is 2.24. The number of aliphatic hydroxyl groups is 2. The smallest absolute Gasteiger partial charge is 0.256 e. The van der Waals surface area contributed by atoms with Gasteiger partial charge in [-0.25, -0.2) is 0 Å². The minimum absolute atomic E-state index is 0.141. The van der Waals surface area contributed by atoms with Crippen molar-refractivity contribution in [1.82, 2.24) is 4.98 Å². The molecule has 0 bridgehead atoms. The van der Waals surface area contributed by atoms with Crippen LogP contribution in [0.4, 0.5) is 11.4 Å². The number of aromatic amines is 1. The molecule has 1 aliphatic rings. The second-order valence-electron chi connectivity index (χ2n) is 6.28. The molecule has 1 atom stereocenters. The molecule has 1 amide bonds. The maximum absolute atomic E-state index is 12.4. The lowest BCUT2D eigenvalue weighted by molar-refractivity contribution is -0.110. The van der Waals surface area contributed by atoms with Crippen molar-refractivity contribution in [2.75, 3.05) is 23.8 Å². The molecule has 0 fully saturated rings. The van der Waals surface area contributed by atoms with Crippen LogP contribution in [0.25, 0.3) is 22.6 Å². The van der Waals surface area contributed by atoms with Crippen molar-refractivity contribution in [3.63, 3.8) is 0 Å². The Morgan fingerprint density at radius 1 is 1.19 bits per heavy atom. The summed E-state index contributed by atoms with van der Waals surface area (Å²) in [4.78, 5) is 15.6. The van der Waals surface area contributed by atoms with E-state index in [1.165, 1.54) is 0 Å². The molecule has 4 rings (SSSR count). The topological polar surface area (TPSA) is 97.4 Å². The number of carbonyl (C=O) groups excluding carboxylic acids is 1. The van der Waals surface area contributed by atoms with Crippen molar-refractivity contribution >= 4 is 39.8 Å². The Morgan fingerprint density at radius 2 is 2.04 bits per heavy atom. The molecular weight excluding hydrogens is 330 g/mol. The van der Waals surface area contributed by atoms with E-state index in [-0.39, 0.29) is 19.1 Å². The third kappa shape index (κ3) is 2.96. The van der Waals surface area contributed by atoms with Crippen molar-refractivity contribution < 1.29 is 15.0 Å². The third-order valence-electron chi connectivity index (χ3n) is 4.48. The SMILES string of the molecule is O=C1Nc2ccc(NCC(O)CO)cc2/C1=C\c1c[nH]c2ccccc12. The minimum atomic E-state index is -0.829. The van der Waals surface area contributed by atoms with Crippen LogP contribution in [0.15, 0.2) is 48.7 Å². The summed E-state index contributed by atoms with van der Waals surface area (Å²) in [5, 5.41) is 25.4. The fraction of sp³-hybridized carbons (Fsp3) is 0.150. The number of carbonyl (C=O) groups is 1. The quantitative estimate of drug-likeness (QED) is 0.457. The predicted octanol–water partition coefficient (Wildman–Crippen LogP) is 2.43. The van der Waals surface area contributed by atoms with Crippen LogP contribution in [0.5, 0.6) is 0 Å². The van der Waals surface area contributed by atoms with Gasteiger partial charge in [-0.05, 0) is 30.3 Å². The highest BCUT2D eigenvalue weighted by Crippen LogP contribution is 2.36. The number of rotatable bonds is 5. The first-order valence-corrected chi connectivity index (χ1v) is 8.42. The molecule has 132 valence electrons. The zero-order chi connectivity index (χ0) is 18.1. The van der Waals surface area contributed by atoms with Gasteiger partial charge in [-0.1, -0.05) is 18.2 Å². The Bertz CT molecular complexity index is 1010. The van der Waals surface area contributed by atoms with Gasteiger partial charge >= 0.3 is 0 Å². The van der Waals surface area contributed by atoms with Crippen molar-refractivity contribution in [1.29, 1.82) is 0 Å². The van der Waals surface area contributed by atoms with Crippen molar-refractivity contribution in [2.45, 2.75) is 6.10 Å². The molecule has 1 aromatic heterocycles. The third-order valence-corrected chi connectivity index (χ3v) is 4.48. The van der Waals surface area contributed by atoms with Crippen molar-refractivity contribution in [3.05, 3.63) is 59.8 Å². The summed E-state index contributed by atoms with van der Waals surface area (Å²) in [6.07, 6.45) is 2.94. The van der Waals surface area contributed by atoms with E-state index in [1.807, 2.05) is 54.7 Å². The number of hydrogen-bond acceptors (Lipinski definition) is 4. The Hall–Kier alpha value is -3.09. The van der Waals surface area contributed by atoms with Gasteiger partial charge in [-0.3, -0.25) is 4.79 Å². The van der Waals surface area contributed by atoms with E-state index in [1.54, 1.807) is 0 Å². The first-order chi connectivity index (χ1) is 12.7. The molecule has 0 saturated heterocycles. The Morgan fingerprint density at radius 3 is 2.88 bits per heavy atom. The van der Waals surface area contributed by atoms with E-state index in [9.17, 15) is 9.90 Å². The number of benzene rings is 2. The first kappa shape index (κ1) is 16.4. The van der Waals surface area contributed by atoms with E-state index >= 15 is 0 Å². The molecule has 0 saturated carbocycles. The summed E-state index contributed by atoms with van der Waals surface area (Å²) in [5.41, 5.74) is 4.91. The Kier molecular flexibility index (Phi) is 4.20. The van der Waals surface area contributed by atoms with Crippen LogP contribution >= 0.6 is 0 Å². The van der Waals surface area contributed by atoms with Crippen LogP contribution in [0.2, 0.25) is 0 Å². The lowest BCUT2D eigenvalue weighted by Gasteiger charge is -2.11. The summed E-state index contributed by atoms with van der Waals surface area (Å²) < 4.78 is 0. The largest absolute Gasteiger partial charge is 0.394 e. The summed E-state index contributed by atoms with van der Waals surface area (Å²) >= 11 is 0. The van der Waals surface area contributed by atoms with E-state index in [2.05, 4.69) is 15.6 Å². The number of para-hydroxylation sites is 1. The number of H-pyrrole nitrogens is 1. The van der Waals surface area contributed by atoms with Crippen molar-refractivity contribution in [3.8, 4) is 0 Å². The lowest BCUT2D eigenvalue weighted by atomic mass is 10.0. The molecule has 0 radical (unpaired) electrons. The number of aliphatic hydroxyl groups excluding tert-OH is 2. The molecule has 3 aromatic rings. The van der Waals surface area contributed by atoms with Gasteiger partial charge in [0.05, 0.1) is 12.7 Å². The maximum atomic E-state index is 12.4. The summed E-state index contributed by atoms with van der Waals surface area (Å²) in [6.45, 7) is -0.0676. The maximum Gasteiger partial charge on any atom is 0.256 e. The normalized spacial score (nSPS) is 15.9. The Balaban J connectivity index is 1.69. The van der Waals surface area contributed by atoms with E-state index < -0.39 is 6.10 Å². The Labute approximate surface area is 150 Å². The van der Waals surface area contributed by atoms with Gasteiger partial charge < -0.3 is 25.8 Å². The van der Waals surface area contributed by atoms with Crippen molar-refractivity contribution in [2.24, 2.45) is 0 Å². The summed E-state index contributed by atoms with van der Waals surface area (Å²) in [5.74, 6) is -0.141. The van der Waals surface area contributed by atoms with Gasteiger partial charge in [0.25, 0.3) is 5.91 Å². The monoisotopic (exact) mass is 349 g/mol. The number of anilines is 2. The summed E-state index contributed by atoms with van der Waals surface area (Å²) in [6, 6.07) is 13.5. The highest BCUT2D eigenvalue weighted by molar-refractivity contribution is 6.35. The molecule has 0 spiro atoms. The fourth-order valence-corrected chi connectivity index (χ4v) is 3.11. The van der Waals surface area contributed by atoms with E-state index in [4.69, 9.17) is 5.11 Å². The molecule has 6 nitrogen and oxygen atoms in total. The van der Waals surface area contributed by atoms with Crippen LogP contribution in [0.3, 0.4) is 0 Å².